The molecule has 0 aliphatic carbocycles. The Balaban J connectivity index is 0.00000427. The third kappa shape index (κ3) is 6.12. The van der Waals surface area contributed by atoms with Crippen LogP contribution >= 0.6 is 0 Å². The summed E-state index contributed by atoms with van der Waals surface area (Å²) in [4.78, 5) is 12.4. The number of nitrogens with zero attached hydrogens (tertiary/aromatic N) is 6. The van der Waals surface area contributed by atoms with Gasteiger partial charge in [0, 0.05) is 34.8 Å². The number of hydrogen-bond acceptors (Lipinski definition) is 5. The Hall–Kier alpha value is -5.00. The molecule has 276 valence electrons. The Morgan fingerprint density at radius 1 is 0.782 bits per heavy atom. The second kappa shape index (κ2) is 13.9. The van der Waals surface area contributed by atoms with E-state index < -0.39 is 0 Å². The number of benzene rings is 4. The normalized spacial score (nSPS) is 13.6. The molecule has 0 spiro atoms. The van der Waals surface area contributed by atoms with Crippen molar-refractivity contribution in [2.45, 2.75) is 65.7 Å². The minimum atomic E-state index is -0.308. The molecule has 7 nitrogen and oxygen atoms in total. The Morgan fingerprint density at radius 2 is 1.51 bits per heavy atom. The Bertz CT molecular complexity index is 2550. The molecule has 7 aromatic rings. The topological polar surface area (TPSA) is 60.5 Å². The maximum atomic E-state index is 6.61. The monoisotopic (exact) mass is 901 g/mol. The zero-order valence-electron chi connectivity index (χ0n) is 32.6. The van der Waals surface area contributed by atoms with Gasteiger partial charge in [-0.3, -0.25) is 0 Å². The Morgan fingerprint density at radius 3 is 2.25 bits per heavy atom. The second-order valence-electron chi connectivity index (χ2n) is 16.3. The fraction of sp³-hybridized carbons (Fsp3) is 0.244. The molecule has 3 aromatic heterocycles. The van der Waals surface area contributed by atoms with Gasteiger partial charge in [-0.25, -0.2) is 9.97 Å². The molecule has 5 heterocycles. The minimum absolute atomic E-state index is 0. The largest absolute Gasteiger partial charge is 2.00 e. The van der Waals surface area contributed by atoms with Crippen molar-refractivity contribution in [3.63, 3.8) is 0 Å². The van der Waals surface area contributed by atoms with Crippen molar-refractivity contribution in [2.24, 2.45) is 0 Å². The van der Waals surface area contributed by atoms with Crippen LogP contribution in [-0.4, -0.2) is 35.5 Å². The molecule has 0 saturated carbocycles. The van der Waals surface area contributed by atoms with E-state index in [0.717, 1.165) is 50.3 Å². The van der Waals surface area contributed by atoms with Gasteiger partial charge in [0.1, 0.15) is 5.82 Å². The van der Waals surface area contributed by atoms with Crippen molar-refractivity contribution < 1.29 is 25.8 Å². The van der Waals surface area contributed by atoms with Crippen LogP contribution in [0.1, 0.15) is 77.0 Å². The first kappa shape index (κ1) is 36.9. The third-order valence-electron chi connectivity index (χ3n) is 11.1. The maximum Gasteiger partial charge on any atom is 2.00 e. The van der Waals surface area contributed by atoms with E-state index in [1.54, 1.807) is 0 Å². The van der Waals surface area contributed by atoms with Gasteiger partial charge in [-0.15, -0.1) is 23.2 Å². The van der Waals surface area contributed by atoms with Gasteiger partial charge in [0.2, 0.25) is 5.88 Å². The zero-order valence-corrected chi connectivity index (χ0v) is 34.9. The number of ether oxygens (including phenoxy) is 1. The predicted octanol–water partition coefficient (Wildman–Crippen LogP) is 9.77. The fourth-order valence-corrected chi connectivity index (χ4v) is 8.42. The van der Waals surface area contributed by atoms with Crippen molar-refractivity contribution >= 4 is 63.9 Å². The molecular weight excluding hydrogens is 857 g/mol. The van der Waals surface area contributed by atoms with Gasteiger partial charge in [0.25, 0.3) is 0 Å². The van der Waals surface area contributed by atoms with E-state index in [-0.39, 0.29) is 40.4 Å². The van der Waals surface area contributed by atoms with Crippen molar-refractivity contribution in [2.75, 3.05) is 16.6 Å². The van der Waals surface area contributed by atoms with Gasteiger partial charge in [0.05, 0.1) is 0 Å². The molecule has 0 bridgehead atoms. The quantitative estimate of drug-likeness (QED) is 0.123. The SMILES string of the molecule is CC(C)c1cccc(C(C)C)c1B1N(C)c2ccc(Oc3[c-]c4c(cc3)c3ccccc3n4-c3cc(C(C)(C)C)ccn3)nc2B2[N-]c3ccccc3N21.[Pt+2]. The van der Waals surface area contributed by atoms with Crippen molar-refractivity contribution in [1.29, 1.82) is 0 Å². The number of hydrogen-bond donors (Lipinski definition) is 0. The Kier molecular flexibility index (Phi) is 9.36. The summed E-state index contributed by atoms with van der Waals surface area (Å²) in [7, 11) is 2.19. The first-order chi connectivity index (χ1) is 26.0. The number of rotatable bonds is 6. The molecule has 4 aromatic carbocycles. The van der Waals surface area contributed by atoms with E-state index in [1.807, 2.05) is 18.3 Å². The predicted molar refractivity (Wildman–Crippen MR) is 226 cm³/mol. The van der Waals surface area contributed by atoms with E-state index in [0.29, 0.717) is 23.5 Å². The standard InChI is InChI=1S/C45H44B2N6O.Pt/c1-28(2)32-15-13-16-33(29(3)4)43(32)47-51(8)39-22-23-42(49-44(39)46-50-36-17-10-12-19-38(36)53(46)47)54-31-20-21-35-34-14-9-11-18-37(34)52(40(35)27-31)41-26-30(24-25-48-41)45(5,6)7;/h9-26,28-29H,1-8H3;/q-2;+2. The summed E-state index contributed by atoms with van der Waals surface area (Å²) in [5.74, 6) is 2.67. The van der Waals surface area contributed by atoms with Crippen LogP contribution in [-0.2, 0) is 26.5 Å². The van der Waals surface area contributed by atoms with Crippen LogP contribution in [0.5, 0.6) is 11.6 Å². The van der Waals surface area contributed by atoms with Crippen molar-refractivity contribution in [3.8, 4) is 17.4 Å². The number of aromatic nitrogens is 3. The first-order valence-electron chi connectivity index (χ1n) is 19.0. The van der Waals surface area contributed by atoms with E-state index in [4.69, 9.17) is 19.9 Å². The fourth-order valence-electron chi connectivity index (χ4n) is 8.42. The molecule has 0 saturated heterocycles. The number of fused-ring (bicyclic) bond motifs is 8. The van der Waals surface area contributed by atoms with Gasteiger partial charge >= 0.3 is 28.0 Å². The number of para-hydroxylation sites is 2. The van der Waals surface area contributed by atoms with Crippen LogP contribution in [0, 0.1) is 6.07 Å². The molecule has 0 atom stereocenters. The maximum absolute atomic E-state index is 6.61. The first-order valence-corrected chi connectivity index (χ1v) is 19.0. The van der Waals surface area contributed by atoms with Gasteiger partial charge in [-0.1, -0.05) is 109 Å². The smallest absolute Gasteiger partial charge is 0.682 e. The molecule has 9 rings (SSSR count). The van der Waals surface area contributed by atoms with Gasteiger partial charge in [-0.05, 0) is 87.9 Å². The van der Waals surface area contributed by atoms with Crippen molar-refractivity contribution in [3.05, 3.63) is 137 Å². The summed E-state index contributed by atoms with van der Waals surface area (Å²) in [6.45, 7) is 15.5. The van der Waals surface area contributed by atoms with Gasteiger partial charge < -0.3 is 24.1 Å². The van der Waals surface area contributed by atoms with Crippen LogP contribution in [0.4, 0.5) is 17.1 Å². The molecule has 0 radical (unpaired) electrons. The van der Waals surface area contributed by atoms with Crippen LogP contribution in [0.2, 0.25) is 0 Å². The van der Waals surface area contributed by atoms with E-state index in [1.165, 1.54) is 22.2 Å². The molecule has 0 fully saturated rings. The Labute approximate surface area is 339 Å². The molecular formula is C45H44B2N6OPt. The summed E-state index contributed by atoms with van der Waals surface area (Å²) >= 11 is 0. The van der Waals surface area contributed by atoms with Crippen LogP contribution in [0.25, 0.3) is 32.9 Å². The van der Waals surface area contributed by atoms with Crippen molar-refractivity contribution in [1.82, 2.24) is 14.5 Å². The van der Waals surface area contributed by atoms with Gasteiger partial charge in [-0.2, -0.15) is 6.07 Å². The summed E-state index contributed by atoms with van der Waals surface area (Å²) in [5.41, 5.74) is 11.3. The molecule has 2 aliphatic rings. The molecule has 2 aliphatic heterocycles. The van der Waals surface area contributed by atoms with E-state index >= 15 is 0 Å². The van der Waals surface area contributed by atoms with E-state index in [2.05, 4.69) is 167 Å². The summed E-state index contributed by atoms with van der Waals surface area (Å²) in [5, 5.41) is 7.55. The third-order valence-corrected chi connectivity index (χ3v) is 11.1. The molecule has 0 unspecified atom stereocenters. The number of anilines is 2. The average Bonchev–Trinajstić information content (AvgIpc) is 3.70. The molecule has 10 heteroatoms. The second-order valence-corrected chi connectivity index (χ2v) is 16.3. The molecule has 0 N–H and O–H groups in total. The zero-order chi connectivity index (χ0) is 37.5. The molecule has 55 heavy (non-hydrogen) atoms. The minimum Gasteiger partial charge on any atom is -0.682 e. The van der Waals surface area contributed by atoms with Crippen LogP contribution in [0.3, 0.4) is 0 Å². The van der Waals surface area contributed by atoms with Gasteiger partial charge in [0.15, 0.2) is 6.98 Å². The summed E-state index contributed by atoms with van der Waals surface area (Å²) in [6, 6.07) is 39.8. The van der Waals surface area contributed by atoms with Crippen LogP contribution in [0.15, 0.2) is 109 Å². The average molecular weight is 902 g/mol. The van der Waals surface area contributed by atoms with E-state index in [9.17, 15) is 0 Å². The summed E-state index contributed by atoms with van der Waals surface area (Å²) < 4.78 is 11.3. The number of pyridine rings is 2. The van der Waals surface area contributed by atoms with Crippen LogP contribution < -0.4 is 25.3 Å². The summed E-state index contributed by atoms with van der Waals surface area (Å²) in [6.07, 6.45) is 1.90. The molecule has 0 amide bonds.